The van der Waals surface area contributed by atoms with Gasteiger partial charge in [0.15, 0.2) is 5.76 Å². The molecular weight excluding hydrogens is 464 g/mol. The molecule has 8 nitrogen and oxygen atoms in total. The minimum Gasteiger partial charge on any atom is -0.505 e. The van der Waals surface area contributed by atoms with E-state index in [0.29, 0.717) is 17.2 Å². The molecule has 10 heteroatoms. The van der Waals surface area contributed by atoms with E-state index in [2.05, 4.69) is 30.4 Å². The molecule has 1 aromatic heterocycles. The van der Waals surface area contributed by atoms with E-state index < -0.39 is 16.0 Å². The van der Waals surface area contributed by atoms with E-state index in [-0.39, 0.29) is 28.5 Å². The molecule has 29 heavy (non-hydrogen) atoms. The lowest BCUT2D eigenvalue weighted by molar-refractivity contribution is -0.135. The molecule has 0 unspecified atom stereocenters. The van der Waals surface area contributed by atoms with Gasteiger partial charge in [0, 0.05) is 10.5 Å². The van der Waals surface area contributed by atoms with Gasteiger partial charge in [-0.3, -0.25) is 0 Å². The van der Waals surface area contributed by atoms with Gasteiger partial charge in [-0.25, -0.2) is 22.9 Å². The number of aliphatic hydroxyl groups is 1. The van der Waals surface area contributed by atoms with Gasteiger partial charge in [0.05, 0.1) is 24.3 Å². The highest BCUT2D eigenvalue weighted by Crippen LogP contribution is 2.26. The Bertz CT molecular complexity index is 1140. The van der Waals surface area contributed by atoms with Crippen molar-refractivity contribution in [2.45, 2.75) is 18.4 Å². The lowest BCUT2D eigenvalue weighted by atomic mass is 10.1. The molecule has 152 valence electrons. The van der Waals surface area contributed by atoms with Crippen LogP contribution >= 0.6 is 15.9 Å². The first-order valence-electron chi connectivity index (χ1n) is 8.34. The number of carbonyl (C=O) groups is 1. The Morgan fingerprint density at radius 1 is 1.28 bits per heavy atom. The van der Waals surface area contributed by atoms with E-state index in [1.165, 1.54) is 25.3 Å². The van der Waals surface area contributed by atoms with Crippen LogP contribution in [0, 0.1) is 0 Å². The minimum absolute atomic E-state index is 0.00668. The van der Waals surface area contributed by atoms with E-state index in [0.717, 1.165) is 4.47 Å². The number of aliphatic imine (C=N–C) groups is 1. The number of ether oxygens (including phenoxy) is 1. The second-order valence-corrected chi connectivity index (χ2v) is 8.71. The number of halogens is 1. The molecule has 0 saturated carbocycles. The molecule has 1 aliphatic rings. The summed E-state index contributed by atoms with van der Waals surface area (Å²) in [5, 5.41) is 10.2. The number of sulfonamides is 1. The summed E-state index contributed by atoms with van der Waals surface area (Å²) in [5.74, 6) is -0.280. The summed E-state index contributed by atoms with van der Waals surface area (Å²) in [7, 11) is -2.48. The topological polar surface area (TPSA) is 118 Å². The SMILES string of the molecule is COC(=O)C1=C(O)/C(=C/c2ccc(CNS(=O)(=O)c3ccc(Br)cc3)o2)N=C1C. The molecule has 0 amide bonds. The average molecular weight is 481 g/mol. The van der Waals surface area contributed by atoms with Gasteiger partial charge in [0.25, 0.3) is 0 Å². The van der Waals surface area contributed by atoms with Crippen LogP contribution in [0.2, 0.25) is 0 Å². The summed E-state index contributed by atoms with van der Waals surface area (Å²) in [5.41, 5.74) is 0.474. The van der Waals surface area contributed by atoms with Crippen molar-refractivity contribution in [2.75, 3.05) is 7.11 Å². The maximum Gasteiger partial charge on any atom is 0.343 e. The molecule has 2 aromatic rings. The highest BCUT2D eigenvalue weighted by Gasteiger charge is 2.27. The number of hydrogen-bond acceptors (Lipinski definition) is 7. The van der Waals surface area contributed by atoms with Crippen LogP contribution in [0.5, 0.6) is 0 Å². The summed E-state index contributed by atoms with van der Waals surface area (Å²) in [6.45, 7) is 1.52. The molecule has 0 saturated heterocycles. The molecule has 1 aliphatic heterocycles. The van der Waals surface area contributed by atoms with Gasteiger partial charge in [-0.15, -0.1) is 0 Å². The largest absolute Gasteiger partial charge is 0.505 e. The number of furan rings is 1. The van der Waals surface area contributed by atoms with Crippen molar-refractivity contribution in [1.82, 2.24) is 4.72 Å². The van der Waals surface area contributed by atoms with Crippen LogP contribution in [-0.4, -0.2) is 32.3 Å². The third-order valence-corrected chi connectivity index (χ3v) is 5.99. The second-order valence-electron chi connectivity index (χ2n) is 6.02. The number of carbonyl (C=O) groups excluding carboxylic acids is 1. The summed E-state index contributed by atoms with van der Waals surface area (Å²) in [6, 6.07) is 9.45. The minimum atomic E-state index is -3.69. The highest BCUT2D eigenvalue weighted by atomic mass is 79.9. The summed E-state index contributed by atoms with van der Waals surface area (Å²) in [6.07, 6.45) is 1.45. The summed E-state index contributed by atoms with van der Waals surface area (Å²) < 4.78 is 38.1. The van der Waals surface area contributed by atoms with Gasteiger partial charge < -0.3 is 14.3 Å². The Balaban J connectivity index is 1.73. The first-order valence-corrected chi connectivity index (χ1v) is 10.6. The number of benzene rings is 1. The zero-order valence-electron chi connectivity index (χ0n) is 15.5. The molecular formula is C19H17BrN2O6S. The van der Waals surface area contributed by atoms with Gasteiger partial charge in [0.2, 0.25) is 10.0 Å². The highest BCUT2D eigenvalue weighted by molar-refractivity contribution is 9.10. The van der Waals surface area contributed by atoms with Crippen LogP contribution in [0.25, 0.3) is 6.08 Å². The zero-order chi connectivity index (χ0) is 21.2. The van der Waals surface area contributed by atoms with Gasteiger partial charge in [0.1, 0.15) is 22.8 Å². The smallest absolute Gasteiger partial charge is 0.343 e. The van der Waals surface area contributed by atoms with E-state index >= 15 is 0 Å². The molecule has 0 aliphatic carbocycles. The molecule has 0 atom stereocenters. The normalized spacial score (nSPS) is 15.7. The van der Waals surface area contributed by atoms with Crippen molar-refractivity contribution < 1.29 is 27.5 Å². The first-order chi connectivity index (χ1) is 13.7. The number of rotatable bonds is 6. The van der Waals surface area contributed by atoms with Crippen LogP contribution in [-0.2, 0) is 26.1 Å². The molecule has 3 rings (SSSR count). The van der Waals surface area contributed by atoms with E-state index in [4.69, 9.17) is 4.42 Å². The van der Waals surface area contributed by atoms with E-state index in [1.54, 1.807) is 31.2 Å². The maximum absolute atomic E-state index is 12.3. The molecule has 2 N–H and O–H groups in total. The number of esters is 1. The Morgan fingerprint density at radius 3 is 2.62 bits per heavy atom. The summed E-state index contributed by atoms with van der Waals surface area (Å²) in [4.78, 5) is 16.0. The van der Waals surface area contributed by atoms with Crippen molar-refractivity contribution in [1.29, 1.82) is 0 Å². The van der Waals surface area contributed by atoms with Gasteiger partial charge in [-0.05, 0) is 43.3 Å². The number of methoxy groups -OCH3 is 1. The molecule has 0 bridgehead atoms. The van der Waals surface area contributed by atoms with Crippen molar-refractivity contribution in [3.63, 3.8) is 0 Å². The Labute approximate surface area is 175 Å². The fourth-order valence-corrected chi connectivity index (χ4v) is 3.86. The first kappa shape index (κ1) is 21.0. The lowest BCUT2D eigenvalue weighted by Gasteiger charge is -2.05. The number of aliphatic hydroxyl groups excluding tert-OH is 1. The molecule has 0 spiro atoms. The van der Waals surface area contributed by atoms with Gasteiger partial charge in [-0.2, -0.15) is 0 Å². The summed E-state index contributed by atoms with van der Waals surface area (Å²) >= 11 is 3.26. The van der Waals surface area contributed by atoms with Crippen molar-refractivity contribution in [3.8, 4) is 0 Å². The van der Waals surface area contributed by atoms with E-state index in [9.17, 15) is 18.3 Å². The maximum atomic E-state index is 12.3. The predicted octanol–water partition coefficient (Wildman–Crippen LogP) is 3.32. The van der Waals surface area contributed by atoms with Crippen LogP contribution in [0.1, 0.15) is 18.4 Å². The Kier molecular flexibility index (Phi) is 6.06. The molecule has 2 heterocycles. The van der Waals surface area contributed by atoms with Crippen LogP contribution in [0.3, 0.4) is 0 Å². The van der Waals surface area contributed by atoms with E-state index in [1.807, 2.05) is 0 Å². The Hall–Kier alpha value is -2.69. The standard InChI is InChI=1S/C19H17BrN2O6S/c1-11-17(19(24)27-2)18(23)16(22-11)9-13-5-6-14(28-13)10-21-29(25,26)15-7-3-12(20)4-8-15/h3-9,21,23H,10H2,1-2H3/b16-9-. The van der Waals surface area contributed by atoms with Crippen LogP contribution in [0.4, 0.5) is 0 Å². The molecule has 1 aromatic carbocycles. The van der Waals surface area contributed by atoms with Crippen molar-refractivity contribution in [3.05, 3.63) is 69.4 Å². The van der Waals surface area contributed by atoms with Gasteiger partial charge in [-0.1, -0.05) is 15.9 Å². The monoisotopic (exact) mass is 480 g/mol. The Morgan fingerprint density at radius 2 is 1.97 bits per heavy atom. The fourth-order valence-electron chi connectivity index (χ4n) is 2.60. The number of hydrogen-bond donors (Lipinski definition) is 2. The predicted molar refractivity (Wildman–Crippen MR) is 110 cm³/mol. The number of nitrogens with one attached hydrogen (secondary N) is 1. The lowest BCUT2D eigenvalue weighted by Crippen LogP contribution is -2.22. The average Bonchev–Trinajstić information content (AvgIpc) is 3.24. The van der Waals surface area contributed by atoms with Gasteiger partial charge >= 0.3 is 5.97 Å². The third-order valence-electron chi connectivity index (χ3n) is 4.04. The van der Waals surface area contributed by atoms with Crippen molar-refractivity contribution in [2.24, 2.45) is 4.99 Å². The molecule has 0 fully saturated rings. The fraction of sp³-hybridized carbons (Fsp3) is 0.158. The number of nitrogens with zero attached hydrogens (tertiary/aromatic N) is 1. The van der Waals surface area contributed by atoms with Crippen molar-refractivity contribution >= 4 is 43.7 Å². The van der Waals surface area contributed by atoms with Crippen LogP contribution in [0.15, 0.2) is 72.2 Å². The zero-order valence-corrected chi connectivity index (χ0v) is 17.9. The van der Waals surface area contributed by atoms with Crippen LogP contribution < -0.4 is 4.72 Å². The molecule has 0 radical (unpaired) electrons. The second kappa shape index (κ2) is 8.36. The quantitative estimate of drug-likeness (QED) is 0.612. The third kappa shape index (κ3) is 4.66.